The van der Waals surface area contributed by atoms with Gasteiger partial charge in [-0.1, -0.05) is 19.8 Å². The minimum atomic E-state index is 0.518. The van der Waals surface area contributed by atoms with Crippen LogP contribution in [0, 0.1) is 17.2 Å². The molecular weight excluding hydrogens is 224 g/mol. The first-order valence-electron chi connectivity index (χ1n) is 6.52. The third-order valence-electron chi connectivity index (χ3n) is 3.95. The van der Waals surface area contributed by atoms with E-state index in [-0.39, 0.29) is 0 Å². The number of rotatable bonds is 1. The van der Waals surface area contributed by atoms with Gasteiger partial charge in [-0.2, -0.15) is 5.26 Å². The van der Waals surface area contributed by atoms with Gasteiger partial charge in [0.1, 0.15) is 5.82 Å². The lowest BCUT2D eigenvalue weighted by Crippen LogP contribution is -2.13. The SMILES string of the molecule is CC1CCC(c2nnc3cc(C#N)ccn23)CC1. The van der Waals surface area contributed by atoms with Crippen LogP contribution in [0.25, 0.3) is 5.65 Å². The van der Waals surface area contributed by atoms with Crippen molar-refractivity contribution in [1.82, 2.24) is 14.6 Å². The number of nitrogens with zero attached hydrogens (tertiary/aromatic N) is 4. The Morgan fingerprint density at radius 1 is 1.28 bits per heavy atom. The van der Waals surface area contributed by atoms with Crippen molar-refractivity contribution in [2.75, 3.05) is 0 Å². The Hall–Kier alpha value is -1.89. The van der Waals surface area contributed by atoms with E-state index in [9.17, 15) is 0 Å². The molecule has 0 aliphatic heterocycles. The summed E-state index contributed by atoms with van der Waals surface area (Å²) in [6, 6.07) is 5.75. The van der Waals surface area contributed by atoms with Gasteiger partial charge < -0.3 is 0 Å². The average Bonchev–Trinajstić information content (AvgIpc) is 2.82. The first-order valence-corrected chi connectivity index (χ1v) is 6.52. The summed E-state index contributed by atoms with van der Waals surface area (Å²) in [7, 11) is 0. The number of hydrogen-bond acceptors (Lipinski definition) is 3. The fraction of sp³-hybridized carbons (Fsp3) is 0.500. The van der Waals surface area contributed by atoms with Gasteiger partial charge in [0.15, 0.2) is 5.65 Å². The van der Waals surface area contributed by atoms with Crippen molar-refractivity contribution in [1.29, 1.82) is 5.26 Å². The van der Waals surface area contributed by atoms with Crippen LogP contribution in [0.3, 0.4) is 0 Å². The second-order valence-corrected chi connectivity index (χ2v) is 5.27. The first kappa shape index (κ1) is 11.2. The van der Waals surface area contributed by atoms with E-state index in [4.69, 9.17) is 5.26 Å². The number of fused-ring (bicyclic) bond motifs is 1. The minimum absolute atomic E-state index is 0.518. The van der Waals surface area contributed by atoms with Gasteiger partial charge in [-0.15, -0.1) is 10.2 Å². The van der Waals surface area contributed by atoms with Crippen LogP contribution in [-0.2, 0) is 0 Å². The highest BCUT2D eigenvalue weighted by molar-refractivity contribution is 5.45. The van der Waals surface area contributed by atoms with Gasteiger partial charge in [0, 0.05) is 18.2 Å². The molecule has 0 atom stereocenters. The number of pyridine rings is 1. The molecule has 0 bridgehead atoms. The lowest BCUT2D eigenvalue weighted by Gasteiger charge is -2.24. The molecule has 0 N–H and O–H groups in total. The van der Waals surface area contributed by atoms with E-state index in [1.807, 2.05) is 16.7 Å². The van der Waals surface area contributed by atoms with Gasteiger partial charge in [-0.05, 0) is 24.8 Å². The molecule has 2 heterocycles. The summed E-state index contributed by atoms with van der Waals surface area (Å²) >= 11 is 0. The summed E-state index contributed by atoms with van der Waals surface area (Å²) in [4.78, 5) is 0. The van der Waals surface area contributed by atoms with Gasteiger partial charge in [0.25, 0.3) is 0 Å². The first-order chi connectivity index (χ1) is 8.78. The molecule has 2 aromatic heterocycles. The summed E-state index contributed by atoms with van der Waals surface area (Å²) in [6.07, 6.45) is 6.86. The Bertz CT molecular complexity index is 600. The van der Waals surface area contributed by atoms with Crippen LogP contribution in [0.5, 0.6) is 0 Å². The Morgan fingerprint density at radius 3 is 2.78 bits per heavy atom. The van der Waals surface area contributed by atoms with Gasteiger partial charge in [0.2, 0.25) is 0 Å². The highest BCUT2D eigenvalue weighted by Crippen LogP contribution is 2.34. The molecule has 18 heavy (non-hydrogen) atoms. The predicted molar refractivity (Wildman–Crippen MR) is 68.1 cm³/mol. The lowest BCUT2D eigenvalue weighted by molar-refractivity contribution is 0.338. The van der Waals surface area contributed by atoms with Crippen LogP contribution in [0.15, 0.2) is 18.3 Å². The number of aromatic nitrogens is 3. The molecule has 2 aromatic rings. The molecule has 0 radical (unpaired) electrons. The molecule has 1 fully saturated rings. The third kappa shape index (κ3) is 1.86. The normalized spacial score (nSPS) is 24.0. The zero-order chi connectivity index (χ0) is 12.5. The average molecular weight is 240 g/mol. The Balaban J connectivity index is 1.96. The van der Waals surface area contributed by atoms with Crippen LogP contribution in [0.4, 0.5) is 0 Å². The molecule has 1 aliphatic rings. The van der Waals surface area contributed by atoms with E-state index < -0.39 is 0 Å². The molecule has 0 amide bonds. The lowest BCUT2D eigenvalue weighted by atomic mass is 9.82. The van der Waals surface area contributed by atoms with Gasteiger partial charge in [-0.25, -0.2) is 0 Å². The Labute approximate surface area is 106 Å². The highest BCUT2D eigenvalue weighted by Gasteiger charge is 2.23. The summed E-state index contributed by atoms with van der Waals surface area (Å²) < 4.78 is 2.03. The molecule has 0 spiro atoms. The largest absolute Gasteiger partial charge is 0.286 e. The molecule has 1 saturated carbocycles. The van der Waals surface area contributed by atoms with Crippen LogP contribution >= 0.6 is 0 Å². The highest BCUT2D eigenvalue weighted by atomic mass is 15.2. The van der Waals surface area contributed by atoms with Crippen molar-refractivity contribution < 1.29 is 0 Å². The second-order valence-electron chi connectivity index (χ2n) is 5.27. The second kappa shape index (κ2) is 4.41. The molecule has 4 heteroatoms. The molecule has 0 saturated heterocycles. The van der Waals surface area contributed by atoms with Crippen LogP contribution < -0.4 is 0 Å². The smallest absolute Gasteiger partial charge is 0.162 e. The third-order valence-corrected chi connectivity index (χ3v) is 3.95. The Morgan fingerprint density at radius 2 is 2.06 bits per heavy atom. The molecular formula is C14H16N4. The monoisotopic (exact) mass is 240 g/mol. The van der Waals surface area contributed by atoms with E-state index in [2.05, 4.69) is 23.2 Å². The van der Waals surface area contributed by atoms with Crippen molar-refractivity contribution in [3.8, 4) is 6.07 Å². The van der Waals surface area contributed by atoms with Crippen molar-refractivity contribution in [2.24, 2.45) is 5.92 Å². The van der Waals surface area contributed by atoms with Crippen molar-refractivity contribution in [3.05, 3.63) is 29.7 Å². The predicted octanol–water partition coefficient (Wildman–Crippen LogP) is 2.89. The molecule has 3 rings (SSSR count). The maximum absolute atomic E-state index is 8.87. The van der Waals surface area contributed by atoms with Crippen LogP contribution in [0.2, 0.25) is 0 Å². The quantitative estimate of drug-likeness (QED) is 0.770. The molecule has 0 aromatic carbocycles. The van der Waals surface area contributed by atoms with Gasteiger partial charge in [-0.3, -0.25) is 4.40 Å². The van der Waals surface area contributed by atoms with Crippen molar-refractivity contribution in [2.45, 2.75) is 38.5 Å². The summed E-state index contributed by atoms with van der Waals surface area (Å²) in [5, 5.41) is 17.4. The minimum Gasteiger partial charge on any atom is -0.286 e. The fourth-order valence-electron chi connectivity index (χ4n) is 2.78. The van der Waals surface area contributed by atoms with E-state index >= 15 is 0 Å². The van der Waals surface area contributed by atoms with E-state index in [0.29, 0.717) is 11.5 Å². The van der Waals surface area contributed by atoms with Crippen molar-refractivity contribution in [3.63, 3.8) is 0 Å². The van der Waals surface area contributed by atoms with E-state index in [0.717, 1.165) is 17.4 Å². The number of hydrogen-bond donors (Lipinski definition) is 0. The van der Waals surface area contributed by atoms with Gasteiger partial charge >= 0.3 is 0 Å². The number of nitriles is 1. The maximum Gasteiger partial charge on any atom is 0.162 e. The fourth-order valence-corrected chi connectivity index (χ4v) is 2.78. The van der Waals surface area contributed by atoms with Crippen molar-refractivity contribution >= 4 is 5.65 Å². The topological polar surface area (TPSA) is 54.0 Å². The zero-order valence-electron chi connectivity index (χ0n) is 10.5. The zero-order valence-corrected chi connectivity index (χ0v) is 10.5. The Kier molecular flexibility index (Phi) is 2.75. The molecule has 4 nitrogen and oxygen atoms in total. The van der Waals surface area contributed by atoms with Gasteiger partial charge in [0.05, 0.1) is 11.6 Å². The molecule has 1 aliphatic carbocycles. The van der Waals surface area contributed by atoms with Crippen LogP contribution in [0.1, 0.15) is 49.9 Å². The van der Waals surface area contributed by atoms with E-state index in [1.165, 1.54) is 25.7 Å². The summed E-state index contributed by atoms with van der Waals surface area (Å²) in [5.74, 6) is 2.41. The summed E-state index contributed by atoms with van der Waals surface area (Å²) in [6.45, 7) is 2.32. The van der Waals surface area contributed by atoms with Crippen LogP contribution in [-0.4, -0.2) is 14.6 Å². The summed E-state index contributed by atoms with van der Waals surface area (Å²) in [5.41, 5.74) is 1.42. The molecule has 0 unspecified atom stereocenters. The standard InChI is InChI=1S/C14H16N4/c1-10-2-4-12(5-3-10)14-17-16-13-8-11(9-15)6-7-18(13)14/h6-8,10,12H,2-5H2,1H3. The van der Waals surface area contributed by atoms with E-state index in [1.54, 1.807) is 6.07 Å². The molecule has 92 valence electrons. The maximum atomic E-state index is 8.87.